The second-order valence-electron chi connectivity index (χ2n) is 12.8. The third kappa shape index (κ3) is 27.9. The highest BCUT2D eigenvalue weighted by atomic mass is 16.3. The van der Waals surface area contributed by atoms with Crippen LogP contribution in [0.5, 0.6) is 0 Å². The van der Waals surface area contributed by atoms with Crippen LogP contribution in [0.3, 0.4) is 0 Å². The standard InChI is InChI=1S/C37H73NO4/c1-3-5-7-9-11-13-15-17-18-20-22-24-26-28-30-32-36(41)38-34(33-39)37(42)35(40)31-29-27-25-23-21-19-16-14-12-10-8-6-4-2/h13,15,34-35,37,39-40,42H,3-12,14,16-33H2,1-2H3,(H,38,41)/b15-13-. The van der Waals surface area contributed by atoms with E-state index in [1.807, 2.05) is 0 Å². The average molecular weight is 596 g/mol. The fourth-order valence-electron chi connectivity index (χ4n) is 5.68. The minimum absolute atomic E-state index is 0.150. The Labute approximate surface area is 261 Å². The minimum atomic E-state index is -1.13. The van der Waals surface area contributed by atoms with Crippen molar-refractivity contribution in [2.24, 2.45) is 0 Å². The molecule has 0 heterocycles. The predicted molar refractivity (Wildman–Crippen MR) is 181 cm³/mol. The lowest BCUT2D eigenvalue weighted by molar-refractivity contribution is -0.124. The Balaban J connectivity index is 3.69. The van der Waals surface area contributed by atoms with Gasteiger partial charge in [0.25, 0.3) is 0 Å². The molecule has 1 amide bonds. The molecule has 3 atom stereocenters. The van der Waals surface area contributed by atoms with Gasteiger partial charge in [-0.05, 0) is 38.5 Å². The van der Waals surface area contributed by atoms with E-state index in [2.05, 4.69) is 31.3 Å². The van der Waals surface area contributed by atoms with Crippen molar-refractivity contribution < 1.29 is 20.1 Å². The van der Waals surface area contributed by atoms with Gasteiger partial charge in [-0.3, -0.25) is 4.79 Å². The summed E-state index contributed by atoms with van der Waals surface area (Å²) in [5, 5.41) is 33.3. The van der Waals surface area contributed by atoms with Crippen LogP contribution in [-0.4, -0.2) is 46.1 Å². The summed E-state index contributed by atoms with van der Waals surface area (Å²) in [6, 6.07) is -0.806. The van der Waals surface area contributed by atoms with Crippen molar-refractivity contribution in [3.63, 3.8) is 0 Å². The molecule has 5 nitrogen and oxygen atoms in total. The van der Waals surface area contributed by atoms with Gasteiger partial charge in [0, 0.05) is 6.42 Å². The molecule has 0 aromatic carbocycles. The van der Waals surface area contributed by atoms with Gasteiger partial charge in [-0.15, -0.1) is 0 Å². The van der Waals surface area contributed by atoms with Crippen molar-refractivity contribution in [2.75, 3.05) is 6.61 Å². The smallest absolute Gasteiger partial charge is 0.220 e. The van der Waals surface area contributed by atoms with Gasteiger partial charge in [-0.2, -0.15) is 0 Å². The van der Waals surface area contributed by atoms with Gasteiger partial charge < -0.3 is 20.6 Å². The van der Waals surface area contributed by atoms with Crippen LogP contribution >= 0.6 is 0 Å². The fraction of sp³-hybridized carbons (Fsp3) is 0.919. The molecule has 0 aliphatic rings. The lowest BCUT2D eigenvalue weighted by Crippen LogP contribution is -2.50. The summed E-state index contributed by atoms with van der Waals surface area (Å²) in [6.45, 7) is 4.15. The summed E-state index contributed by atoms with van der Waals surface area (Å²) in [5.74, 6) is -0.150. The minimum Gasteiger partial charge on any atom is -0.394 e. The monoisotopic (exact) mass is 596 g/mol. The molecule has 0 saturated carbocycles. The Morgan fingerprint density at radius 1 is 0.571 bits per heavy atom. The average Bonchev–Trinajstić information content (AvgIpc) is 2.99. The molecule has 0 saturated heterocycles. The normalized spacial score (nSPS) is 13.9. The SMILES string of the molecule is CCCCCC/C=C\CCCCCCCCCC(=O)NC(CO)C(O)C(O)CCCCCCCCCCCCCCC. The molecule has 0 bridgehead atoms. The Morgan fingerprint density at radius 2 is 0.952 bits per heavy atom. The van der Waals surface area contributed by atoms with E-state index >= 15 is 0 Å². The first-order valence-corrected chi connectivity index (χ1v) is 18.5. The Morgan fingerprint density at radius 3 is 1.40 bits per heavy atom. The zero-order valence-corrected chi connectivity index (χ0v) is 28.1. The van der Waals surface area contributed by atoms with Gasteiger partial charge in [-0.1, -0.05) is 161 Å². The maximum atomic E-state index is 12.3. The molecule has 4 N–H and O–H groups in total. The zero-order chi connectivity index (χ0) is 30.9. The van der Waals surface area contributed by atoms with Gasteiger partial charge in [0.2, 0.25) is 5.91 Å². The lowest BCUT2D eigenvalue weighted by Gasteiger charge is -2.26. The van der Waals surface area contributed by atoms with Gasteiger partial charge in [-0.25, -0.2) is 0 Å². The number of hydrogen-bond acceptors (Lipinski definition) is 4. The molecular formula is C37H73NO4. The number of rotatable bonds is 33. The quantitative estimate of drug-likeness (QED) is 0.0449. The number of carbonyl (C=O) groups is 1. The number of aliphatic hydroxyl groups excluding tert-OH is 3. The summed E-state index contributed by atoms with van der Waals surface area (Å²) in [5.41, 5.74) is 0. The number of unbranched alkanes of at least 4 members (excludes halogenated alkanes) is 23. The van der Waals surface area contributed by atoms with Crippen molar-refractivity contribution in [1.82, 2.24) is 5.32 Å². The second kappa shape index (κ2) is 33.0. The maximum absolute atomic E-state index is 12.3. The fourth-order valence-corrected chi connectivity index (χ4v) is 5.68. The molecule has 0 aromatic rings. The first-order chi connectivity index (χ1) is 20.6. The van der Waals surface area contributed by atoms with E-state index < -0.39 is 18.2 Å². The number of aliphatic hydroxyl groups is 3. The molecule has 0 aromatic heterocycles. The third-order valence-corrected chi connectivity index (χ3v) is 8.62. The van der Waals surface area contributed by atoms with Gasteiger partial charge in [0.05, 0.1) is 18.8 Å². The molecule has 0 aliphatic carbocycles. The molecule has 0 radical (unpaired) electrons. The predicted octanol–water partition coefficient (Wildman–Crippen LogP) is 9.70. The highest BCUT2D eigenvalue weighted by molar-refractivity contribution is 5.76. The number of amides is 1. The van der Waals surface area contributed by atoms with E-state index in [0.717, 1.165) is 38.5 Å². The van der Waals surface area contributed by atoms with E-state index in [-0.39, 0.29) is 12.5 Å². The summed E-state index contributed by atoms with van der Waals surface area (Å²) in [6.07, 6.45) is 35.8. The van der Waals surface area contributed by atoms with Crippen LogP contribution in [0, 0.1) is 0 Å². The first kappa shape index (κ1) is 41.1. The second-order valence-corrected chi connectivity index (χ2v) is 12.8. The van der Waals surface area contributed by atoms with Crippen LogP contribution in [-0.2, 0) is 4.79 Å². The number of carbonyl (C=O) groups excluding carboxylic acids is 1. The molecule has 250 valence electrons. The highest BCUT2D eigenvalue weighted by Crippen LogP contribution is 2.15. The van der Waals surface area contributed by atoms with Crippen molar-refractivity contribution in [3.8, 4) is 0 Å². The van der Waals surface area contributed by atoms with Crippen LogP contribution < -0.4 is 5.32 Å². The highest BCUT2D eigenvalue weighted by Gasteiger charge is 2.26. The van der Waals surface area contributed by atoms with E-state index in [0.29, 0.717) is 12.8 Å². The molecule has 0 aliphatic heterocycles. The number of hydrogen-bond donors (Lipinski definition) is 4. The third-order valence-electron chi connectivity index (χ3n) is 8.62. The Bertz CT molecular complexity index is 582. The maximum Gasteiger partial charge on any atom is 0.220 e. The summed E-state index contributed by atoms with van der Waals surface area (Å²) in [4.78, 5) is 12.3. The Hall–Kier alpha value is -0.910. The van der Waals surface area contributed by atoms with E-state index in [9.17, 15) is 20.1 Å². The summed E-state index contributed by atoms with van der Waals surface area (Å²) >= 11 is 0. The molecule has 0 rings (SSSR count). The molecule has 42 heavy (non-hydrogen) atoms. The van der Waals surface area contributed by atoms with Gasteiger partial charge in [0.15, 0.2) is 0 Å². The topological polar surface area (TPSA) is 89.8 Å². The first-order valence-electron chi connectivity index (χ1n) is 18.5. The van der Waals surface area contributed by atoms with Crippen molar-refractivity contribution >= 4 is 5.91 Å². The lowest BCUT2D eigenvalue weighted by atomic mass is 9.99. The molecule has 5 heteroatoms. The molecule has 0 fully saturated rings. The van der Waals surface area contributed by atoms with Crippen LogP contribution in [0.2, 0.25) is 0 Å². The molecule has 0 spiro atoms. The van der Waals surface area contributed by atoms with Gasteiger partial charge >= 0.3 is 0 Å². The van der Waals surface area contributed by atoms with Crippen LogP contribution in [0.4, 0.5) is 0 Å². The van der Waals surface area contributed by atoms with E-state index in [4.69, 9.17) is 0 Å². The largest absolute Gasteiger partial charge is 0.394 e. The van der Waals surface area contributed by atoms with Crippen LogP contribution in [0.1, 0.15) is 194 Å². The van der Waals surface area contributed by atoms with Crippen molar-refractivity contribution in [2.45, 2.75) is 212 Å². The molecule has 3 unspecified atom stereocenters. The summed E-state index contributed by atoms with van der Waals surface area (Å²) in [7, 11) is 0. The van der Waals surface area contributed by atoms with Crippen LogP contribution in [0.25, 0.3) is 0 Å². The van der Waals surface area contributed by atoms with Crippen molar-refractivity contribution in [1.29, 1.82) is 0 Å². The molecular weight excluding hydrogens is 522 g/mol. The zero-order valence-electron chi connectivity index (χ0n) is 28.1. The number of nitrogens with one attached hydrogen (secondary N) is 1. The Kier molecular flexibility index (Phi) is 32.3. The van der Waals surface area contributed by atoms with Gasteiger partial charge in [0.1, 0.15) is 6.10 Å². The van der Waals surface area contributed by atoms with E-state index in [1.165, 1.54) is 128 Å². The van der Waals surface area contributed by atoms with E-state index in [1.54, 1.807) is 0 Å². The van der Waals surface area contributed by atoms with Crippen molar-refractivity contribution in [3.05, 3.63) is 12.2 Å². The number of allylic oxidation sites excluding steroid dienone is 2. The summed E-state index contributed by atoms with van der Waals surface area (Å²) < 4.78 is 0. The van der Waals surface area contributed by atoms with Crippen LogP contribution in [0.15, 0.2) is 12.2 Å².